The van der Waals surface area contributed by atoms with Gasteiger partial charge in [0.15, 0.2) is 11.6 Å². The van der Waals surface area contributed by atoms with Crippen LogP contribution in [-0.2, 0) is 15.7 Å². The lowest BCUT2D eigenvalue weighted by atomic mass is 9.64. The van der Waals surface area contributed by atoms with E-state index in [4.69, 9.17) is 20.9 Å². The van der Waals surface area contributed by atoms with Crippen molar-refractivity contribution in [3.05, 3.63) is 131 Å². The van der Waals surface area contributed by atoms with Gasteiger partial charge in [-0.05, 0) is 94.3 Å². The SMILES string of the molecule is CN(c1ccc(-c2cc(C(N)=O)c(O)cc2F)nn1)[C@]1(c2ncccc2F)C[C@@H](F)C1.COc1cc(F)c(-c2ccc(N(C[C@]3(c4ncccc4F)C[C@H](F)C3)C(=O)OC(C)(C)C)nn2)cc1C(N)=O. The van der Waals surface area contributed by atoms with E-state index >= 15 is 0 Å². The molecule has 2 aliphatic rings. The standard InChI is InChI=1S/C27H28F3N5O4.C21H18F3N5O2/c1-26(2,3)39-25(37)35(14-27(12-15(28)13-27)23-18(29)6-5-9-32-23)22-8-7-20(33-34-22)16-10-17(24(31)36)21(38-4)11-19(16)30;1-29(21(9-11(22)10-21)19-14(23)3-2-6-26-19)18-5-4-16(27-28-18)12-7-13(20(25)31)17(30)8-15(12)24/h5-11,15H,12-14H2,1-4H3,(H2,31,36);2-8,11,30H,9-10H2,1H3,(H2,25,31)/t15-,27-;11-,21-. The molecule has 2 saturated carbocycles. The maximum absolute atomic E-state index is 14.8. The summed E-state index contributed by atoms with van der Waals surface area (Å²) in [7, 11) is 2.91. The highest BCUT2D eigenvalue weighted by atomic mass is 19.2. The van der Waals surface area contributed by atoms with Gasteiger partial charge in [0.2, 0.25) is 0 Å². The van der Waals surface area contributed by atoms with Crippen LogP contribution in [0.4, 0.5) is 42.8 Å². The molecule has 0 spiro atoms. The minimum atomic E-state index is -1.20. The lowest BCUT2D eigenvalue weighted by molar-refractivity contribution is 0.0506. The van der Waals surface area contributed by atoms with E-state index in [1.165, 1.54) is 74.1 Å². The molecule has 3 amide bonds. The number of phenols is 1. The van der Waals surface area contributed by atoms with Crippen molar-refractivity contribution in [3.63, 3.8) is 0 Å². The molecule has 5 N–H and O–H groups in total. The van der Waals surface area contributed by atoms with Gasteiger partial charge in [-0.25, -0.2) is 31.1 Å². The van der Waals surface area contributed by atoms with Gasteiger partial charge in [0.1, 0.15) is 58.4 Å². The first-order valence-corrected chi connectivity index (χ1v) is 21.5. The number of halogens is 6. The highest BCUT2D eigenvalue weighted by Crippen LogP contribution is 2.49. The molecule has 8 rings (SSSR count). The van der Waals surface area contributed by atoms with E-state index in [0.717, 1.165) is 23.1 Å². The van der Waals surface area contributed by atoms with Crippen molar-refractivity contribution in [2.75, 3.05) is 30.5 Å². The first-order valence-electron chi connectivity index (χ1n) is 21.5. The van der Waals surface area contributed by atoms with Crippen LogP contribution in [0.25, 0.3) is 22.5 Å². The molecule has 16 nitrogen and oxygen atoms in total. The average Bonchev–Trinajstić information content (AvgIpc) is 3.28. The molecule has 22 heteroatoms. The summed E-state index contributed by atoms with van der Waals surface area (Å²) < 4.78 is 96.9. The van der Waals surface area contributed by atoms with Gasteiger partial charge in [0.25, 0.3) is 11.8 Å². The van der Waals surface area contributed by atoms with Gasteiger partial charge in [-0.2, -0.15) is 0 Å². The third-order valence-corrected chi connectivity index (χ3v) is 11.9. The van der Waals surface area contributed by atoms with E-state index in [0.29, 0.717) is 5.82 Å². The lowest BCUT2D eigenvalue weighted by Crippen LogP contribution is -2.56. The number of carbonyl (C=O) groups is 3. The third kappa shape index (κ3) is 10.1. The van der Waals surface area contributed by atoms with E-state index in [9.17, 15) is 45.8 Å². The first kappa shape index (κ1) is 50.0. The van der Waals surface area contributed by atoms with Crippen molar-refractivity contribution in [1.82, 2.24) is 30.4 Å². The number of methoxy groups -OCH3 is 1. The Hall–Kier alpha value is -7.91. The topological polar surface area (TPSA) is 226 Å². The number of hydrogen-bond acceptors (Lipinski definition) is 13. The number of alkyl halides is 2. The molecule has 6 aromatic rings. The van der Waals surface area contributed by atoms with Gasteiger partial charge in [-0.15, -0.1) is 20.4 Å². The summed E-state index contributed by atoms with van der Waals surface area (Å²) in [5.74, 6) is -4.77. The zero-order valence-corrected chi connectivity index (χ0v) is 38.3. The summed E-state index contributed by atoms with van der Waals surface area (Å²) in [6, 6.07) is 15.2. The van der Waals surface area contributed by atoms with Crippen molar-refractivity contribution in [2.45, 2.75) is 75.4 Å². The third-order valence-electron chi connectivity index (χ3n) is 11.9. The van der Waals surface area contributed by atoms with Gasteiger partial charge >= 0.3 is 6.09 Å². The summed E-state index contributed by atoms with van der Waals surface area (Å²) in [6.07, 6.45) is -0.302. The highest BCUT2D eigenvalue weighted by Gasteiger charge is 2.53. The molecule has 2 aliphatic carbocycles. The fourth-order valence-corrected chi connectivity index (χ4v) is 8.40. The van der Waals surface area contributed by atoms with Crippen LogP contribution >= 0.6 is 0 Å². The number of nitrogens with zero attached hydrogens (tertiary/aromatic N) is 8. The Kier molecular flexibility index (Phi) is 14.0. The van der Waals surface area contributed by atoms with E-state index < -0.39 is 75.8 Å². The molecule has 2 aromatic carbocycles. The van der Waals surface area contributed by atoms with Gasteiger partial charge in [-0.1, -0.05) is 0 Å². The van der Waals surface area contributed by atoms with Crippen molar-refractivity contribution in [2.24, 2.45) is 11.5 Å². The molecular weight excluding hydrogens is 927 g/mol. The maximum Gasteiger partial charge on any atom is 0.416 e. The maximum atomic E-state index is 14.8. The zero-order valence-electron chi connectivity index (χ0n) is 38.3. The minimum Gasteiger partial charge on any atom is -0.507 e. The Bertz CT molecular complexity index is 2930. The number of aromatic hydroxyl groups is 1. The Morgan fingerprint density at radius 2 is 1.23 bits per heavy atom. The fourth-order valence-electron chi connectivity index (χ4n) is 8.40. The summed E-state index contributed by atoms with van der Waals surface area (Å²) in [5.41, 5.74) is 7.38. The number of anilines is 2. The molecule has 0 aliphatic heterocycles. The second kappa shape index (κ2) is 19.6. The van der Waals surface area contributed by atoms with Gasteiger partial charge in [-0.3, -0.25) is 24.5 Å². The summed E-state index contributed by atoms with van der Waals surface area (Å²) >= 11 is 0. The van der Waals surface area contributed by atoms with Crippen LogP contribution in [0.5, 0.6) is 11.5 Å². The molecule has 4 aromatic heterocycles. The van der Waals surface area contributed by atoms with Crippen molar-refractivity contribution >= 4 is 29.5 Å². The molecule has 0 unspecified atom stereocenters. The molecule has 0 bridgehead atoms. The van der Waals surface area contributed by atoms with Crippen LogP contribution in [0.2, 0.25) is 0 Å². The van der Waals surface area contributed by atoms with Crippen LogP contribution in [0, 0.1) is 23.3 Å². The summed E-state index contributed by atoms with van der Waals surface area (Å²) in [5, 5.41) is 25.9. The molecule has 0 saturated heterocycles. The summed E-state index contributed by atoms with van der Waals surface area (Å²) in [4.78, 5) is 47.5. The van der Waals surface area contributed by atoms with Crippen molar-refractivity contribution < 1.29 is 55.3 Å². The number of nitrogens with two attached hydrogens (primary N) is 2. The predicted octanol–water partition coefficient (Wildman–Crippen LogP) is 7.82. The molecule has 0 atom stereocenters. The van der Waals surface area contributed by atoms with Crippen LogP contribution in [0.1, 0.15) is 78.6 Å². The summed E-state index contributed by atoms with van der Waals surface area (Å²) in [6.45, 7) is 4.84. The number of primary amides is 2. The monoisotopic (exact) mass is 972 g/mol. The molecule has 366 valence electrons. The Labute approximate surface area is 396 Å². The Morgan fingerprint density at radius 1 is 0.714 bits per heavy atom. The second-order valence-electron chi connectivity index (χ2n) is 17.8. The molecule has 0 radical (unpaired) electrons. The zero-order chi connectivity index (χ0) is 50.9. The average molecular weight is 973 g/mol. The number of hydrogen-bond donors (Lipinski definition) is 3. The molecule has 2 fully saturated rings. The number of amides is 3. The van der Waals surface area contributed by atoms with Crippen LogP contribution in [-0.4, -0.2) is 92.0 Å². The molecule has 70 heavy (non-hydrogen) atoms. The van der Waals surface area contributed by atoms with Crippen LogP contribution in [0.3, 0.4) is 0 Å². The number of benzene rings is 2. The Morgan fingerprint density at radius 3 is 1.70 bits per heavy atom. The second-order valence-corrected chi connectivity index (χ2v) is 17.8. The van der Waals surface area contributed by atoms with E-state index in [-0.39, 0.29) is 88.8 Å². The predicted molar refractivity (Wildman–Crippen MR) is 242 cm³/mol. The van der Waals surface area contributed by atoms with Crippen molar-refractivity contribution in [1.29, 1.82) is 0 Å². The highest BCUT2D eigenvalue weighted by molar-refractivity contribution is 5.97. The quantitative estimate of drug-likeness (QED) is 0.0996. The van der Waals surface area contributed by atoms with Gasteiger partial charge in [0.05, 0.1) is 40.9 Å². The lowest BCUT2D eigenvalue weighted by Gasteiger charge is -2.50. The fraction of sp³-hybridized carbons (Fsp3) is 0.312. The van der Waals surface area contributed by atoms with Crippen LogP contribution in [0.15, 0.2) is 85.2 Å². The number of ether oxygens (including phenoxy) is 2. The van der Waals surface area contributed by atoms with Gasteiger partial charge < -0.3 is 30.9 Å². The smallest absolute Gasteiger partial charge is 0.416 e. The largest absolute Gasteiger partial charge is 0.507 e. The number of aromatic nitrogens is 6. The van der Waals surface area contributed by atoms with E-state index in [1.807, 2.05) is 0 Å². The van der Waals surface area contributed by atoms with Crippen molar-refractivity contribution in [3.8, 4) is 34.0 Å². The van der Waals surface area contributed by atoms with Crippen LogP contribution < -0.4 is 26.0 Å². The normalized spacial score (nSPS) is 19.4. The number of rotatable bonds is 12. The minimum absolute atomic E-state index is 0.00932. The molecular formula is C48H46F6N10O6. The Balaban J connectivity index is 0.000000212. The van der Waals surface area contributed by atoms with E-state index in [2.05, 4.69) is 30.4 Å². The molecule has 4 heterocycles. The number of carbonyl (C=O) groups excluding carboxylic acids is 3. The van der Waals surface area contributed by atoms with Gasteiger partial charge in [0, 0.05) is 67.5 Å². The number of pyridine rings is 2. The van der Waals surface area contributed by atoms with E-state index in [1.54, 1.807) is 32.7 Å². The first-order chi connectivity index (χ1) is 33.1.